The first kappa shape index (κ1) is 17.4. The van der Waals surface area contributed by atoms with Crippen molar-refractivity contribution in [2.45, 2.75) is 19.4 Å². The number of carboxylic acid groups (broad SMARTS) is 1. The fourth-order valence-corrected chi connectivity index (χ4v) is 1.70. The van der Waals surface area contributed by atoms with E-state index in [1.165, 1.54) is 12.4 Å². The van der Waals surface area contributed by atoms with Gasteiger partial charge in [-0.3, -0.25) is 14.6 Å². The largest absolute Gasteiger partial charge is 0.480 e. The van der Waals surface area contributed by atoms with Crippen molar-refractivity contribution in [2.24, 2.45) is 11.5 Å². The molecule has 0 fully saturated rings. The van der Waals surface area contributed by atoms with Crippen molar-refractivity contribution in [3.63, 3.8) is 0 Å². The van der Waals surface area contributed by atoms with Crippen LogP contribution in [0.1, 0.15) is 23.7 Å². The number of carbonyl (C=O) groups is 2. The molecular weight excluding hydrogens is 266 g/mol. The minimum Gasteiger partial charge on any atom is -0.480 e. The summed E-state index contributed by atoms with van der Waals surface area (Å²) in [7, 11) is 0. The maximum absolute atomic E-state index is 10.4. The second-order valence-electron chi connectivity index (χ2n) is 3.53. The number of rotatable bonds is 6. The maximum Gasteiger partial charge on any atom is 0.320 e. The predicted octanol–water partition coefficient (Wildman–Crippen LogP) is 0.722. The summed E-state index contributed by atoms with van der Waals surface area (Å²) in [5.74, 6) is 0.533. The molecule has 1 atom stereocenters. The zero-order chi connectivity index (χ0) is 14.7. The SMILES string of the molecule is CCSCCC(N)C(=O)O.NC(=O)c1ccncc1. The number of primary amides is 1. The molecule has 0 aliphatic rings. The smallest absolute Gasteiger partial charge is 0.320 e. The van der Waals surface area contributed by atoms with Gasteiger partial charge in [-0.15, -0.1) is 0 Å². The molecule has 7 heteroatoms. The highest BCUT2D eigenvalue weighted by Gasteiger charge is 2.09. The Morgan fingerprint density at radius 1 is 1.42 bits per heavy atom. The van der Waals surface area contributed by atoms with E-state index in [0.717, 1.165) is 11.5 Å². The number of pyridine rings is 1. The number of aromatic nitrogens is 1. The second-order valence-corrected chi connectivity index (χ2v) is 4.92. The van der Waals surface area contributed by atoms with E-state index < -0.39 is 17.9 Å². The molecule has 0 saturated heterocycles. The topological polar surface area (TPSA) is 119 Å². The van der Waals surface area contributed by atoms with E-state index >= 15 is 0 Å². The van der Waals surface area contributed by atoms with Crippen LogP contribution in [0.5, 0.6) is 0 Å². The molecule has 0 aromatic carbocycles. The zero-order valence-corrected chi connectivity index (χ0v) is 11.6. The van der Waals surface area contributed by atoms with Gasteiger partial charge >= 0.3 is 5.97 Å². The molecule has 1 heterocycles. The summed E-state index contributed by atoms with van der Waals surface area (Å²) in [4.78, 5) is 24.3. The summed E-state index contributed by atoms with van der Waals surface area (Å²) in [6.45, 7) is 2.04. The van der Waals surface area contributed by atoms with Crippen molar-refractivity contribution in [1.82, 2.24) is 4.98 Å². The van der Waals surface area contributed by atoms with Gasteiger partial charge in [0.2, 0.25) is 5.91 Å². The monoisotopic (exact) mass is 285 g/mol. The highest BCUT2D eigenvalue weighted by molar-refractivity contribution is 7.99. The maximum atomic E-state index is 10.4. The summed E-state index contributed by atoms with van der Waals surface area (Å²) in [6, 6.07) is 2.46. The van der Waals surface area contributed by atoms with Crippen LogP contribution in [0.15, 0.2) is 24.5 Å². The summed E-state index contributed by atoms with van der Waals surface area (Å²) in [5.41, 5.74) is 10.7. The third-order valence-electron chi connectivity index (χ3n) is 2.06. The number of carbonyl (C=O) groups excluding carboxylic acids is 1. The molecule has 1 unspecified atom stereocenters. The quantitative estimate of drug-likeness (QED) is 0.663. The van der Waals surface area contributed by atoms with Crippen molar-refractivity contribution in [1.29, 1.82) is 0 Å². The third-order valence-corrected chi connectivity index (χ3v) is 2.99. The van der Waals surface area contributed by atoms with Crippen LogP contribution < -0.4 is 11.5 Å². The molecule has 0 aliphatic carbocycles. The molecule has 0 aliphatic heterocycles. The first-order valence-corrected chi connectivity index (χ1v) is 6.90. The lowest BCUT2D eigenvalue weighted by Crippen LogP contribution is -2.30. The number of thioether (sulfide) groups is 1. The van der Waals surface area contributed by atoms with Crippen molar-refractivity contribution in [2.75, 3.05) is 11.5 Å². The van der Waals surface area contributed by atoms with Crippen molar-refractivity contribution in [3.8, 4) is 0 Å². The average Bonchev–Trinajstić information content (AvgIpc) is 2.40. The molecule has 0 bridgehead atoms. The molecule has 1 rings (SSSR count). The zero-order valence-electron chi connectivity index (χ0n) is 10.8. The molecule has 1 amide bonds. The van der Waals surface area contributed by atoms with Gasteiger partial charge in [0, 0.05) is 18.0 Å². The number of amides is 1. The van der Waals surface area contributed by atoms with Gasteiger partial charge in [0.1, 0.15) is 6.04 Å². The Hall–Kier alpha value is -1.60. The lowest BCUT2D eigenvalue weighted by molar-refractivity contribution is -0.138. The van der Waals surface area contributed by atoms with Gasteiger partial charge in [0.05, 0.1) is 0 Å². The van der Waals surface area contributed by atoms with E-state index in [1.807, 2.05) is 6.92 Å². The van der Waals surface area contributed by atoms with Crippen LogP contribution in [-0.2, 0) is 4.79 Å². The third kappa shape index (κ3) is 9.04. The van der Waals surface area contributed by atoms with Crippen LogP contribution in [0.4, 0.5) is 0 Å². The average molecular weight is 285 g/mol. The van der Waals surface area contributed by atoms with Crippen molar-refractivity contribution < 1.29 is 14.7 Å². The van der Waals surface area contributed by atoms with E-state index in [9.17, 15) is 9.59 Å². The first-order chi connectivity index (χ1) is 8.99. The lowest BCUT2D eigenvalue weighted by Gasteiger charge is -2.03. The lowest BCUT2D eigenvalue weighted by atomic mass is 10.2. The molecular formula is C12H19N3O3S. The van der Waals surface area contributed by atoms with Crippen LogP contribution in [0.3, 0.4) is 0 Å². The Morgan fingerprint density at radius 2 is 2.00 bits per heavy atom. The van der Waals surface area contributed by atoms with Gasteiger partial charge in [-0.25, -0.2) is 0 Å². The van der Waals surface area contributed by atoms with Gasteiger partial charge in [0.15, 0.2) is 0 Å². The molecule has 1 aromatic rings. The van der Waals surface area contributed by atoms with Gasteiger partial charge in [-0.1, -0.05) is 6.92 Å². The van der Waals surface area contributed by atoms with Gasteiger partial charge in [-0.2, -0.15) is 11.8 Å². The van der Waals surface area contributed by atoms with Crippen LogP contribution in [-0.4, -0.2) is 39.5 Å². The van der Waals surface area contributed by atoms with E-state index in [4.69, 9.17) is 16.6 Å². The number of hydrogen-bond donors (Lipinski definition) is 3. The number of aliphatic carboxylic acids is 1. The van der Waals surface area contributed by atoms with E-state index in [-0.39, 0.29) is 0 Å². The van der Waals surface area contributed by atoms with Crippen LogP contribution in [0, 0.1) is 0 Å². The van der Waals surface area contributed by atoms with Crippen molar-refractivity contribution in [3.05, 3.63) is 30.1 Å². The van der Waals surface area contributed by atoms with Crippen LogP contribution in [0.25, 0.3) is 0 Å². The van der Waals surface area contributed by atoms with Crippen molar-refractivity contribution >= 4 is 23.6 Å². The Labute approximate surface area is 116 Å². The summed E-state index contributed by atoms with van der Waals surface area (Å²) < 4.78 is 0. The Morgan fingerprint density at radius 3 is 2.37 bits per heavy atom. The predicted molar refractivity (Wildman–Crippen MR) is 76.0 cm³/mol. The van der Waals surface area contributed by atoms with E-state index in [1.54, 1.807) is 23.9 Å². The minimum atomic E-state index is -0.906. The molecule has 0 radical (unpaired) electrons. The fraction of sp³-hybridized carbons (Fsp3) is 0.417. The Kier molecular flexibility index (Phi) is 9.46. The molecule has 5 N–H and O–H groups in total. The highest BCUT2D eigenvalue weighted by atomic mass is 32.2. The van der Waals surface area contributed by atoms with E-state index in [0.29, 0.717) is 12.0 Å². The second kappa shape index (κ2) is 10.3. The van der Waals surface area contributed by atoms with Gasteiger partial charge < -0.3 is 16.6 Å². The standard InChI is InChI=1S/C6H6N2O.C6H13NO2S/c7-6(9)5-1-3-8-4-2-5;1-2-10-4-3-5(7)6(8)9/h1-4H,(H2,7,9);5H,2-4,7H2,1H3,(H,8,9). The molecule has 106 valence electrons. The molecule has 6 nitrogen and oxygen atoms in total. The number of nitrogens with zero attached hydrogens (tertiary/aromatic N) is 1. The van der Waals surface area contributed by atoms with Gasteiger partial charge in [-0.05, 0) is 30.1 Å². The summed E-state index contributed by atoms with van der Waals surface area (Å²) in [5, 5.41) is 8.35. The number of carboxylic acids is 1. The summed E-state index contributed by atoms with van der Waals surface area (Å²) >= 11 is 1.71. The minimum absolute atomic E-state index is 0.419. The first-order valence-electron chi connectivity index (χ1n) is 5.75. The Bertz CT molecular complexity index is 387. The van der Waals surface area contributed by atoms with Gasteiger partial charge in [0.25, 0.3) is 0 Å². The highest BCUT2D eigenvalue weighted by Crippen LogP contribution is 2.02. The fourth-order valence-electron chi connectivity index (χ4n) is 0.994. The summed E-state index contributed by atoms with van der Waals surface area (Å²) in [6.07, 6.45) is 3.62. The van der Waals surface area contributed by atoms with Crippen LogP contribution >= 0.6 is 11.8 Å². The molecule has 19 heavy (non-hydrogen) atoms. The van der Waals surface area contributed by atoms with Crippen LogP contribution in [0.2, 0.25) is 0 Å². The number of nitrogens with two attached hydrogens (primary N) is 2. The molecule has 0 spiro atoms. The molecule has 0 saturated carbocycles. The van der Waals surface area contributed by atoms with E-state index in [2.05, 4.69) is 4.98 Å². The number of hydrogen-bond acceptors (Lipinski definition) is 5. The Balaban J connectivity index is 0.000000342. The molecule has 1 aromatic heterocycles. The normalized spacial score (nSPS) is 11.1.